The molecule has 0 aliphatic heterocycles. The summed E-state index contributed by atoms with van der Waals surface area (Å²) in [5.41, 5.74) is 1.38. The van der Waals surface area contributed by atoms with Crippen LogP contribution in [0.2, 0.25) is 0 Å². The fraction of sp³-hybridized carbons (Fsp3) is 0.417. The molecular formula is C12H17NO4. The van der Waals surface area contributed by atoms with E-state index in [2.05, 4.69) is 5.32 Å². The van der Waals surface area contributed by atoms with Crippen molar-refractivity contribution in [3.8, 4) is 11.5 Å². The van der Waals surface area contributed by atoms with Gasteiger partial charge >= 0.3 is 6.09 Å². The molecule has 1 rings (SSSR count). The molecule has 1 N–H and O–H groups in total. The van der Waals surface area contributed by atoms with E-state index < -0.39 is 6.09 Å². The minimum Gasteiger partial charge on any atom is -0.496 e. The lowest BCUT2D eigenvalue weighted by Crippen LogP contribution is -2.14. The van der Waals surface area contributed by atoms with Gasteiger partial charge in [-0.25, -0.2) is 4.79 Å². The van der Waals surface area contributed by atoms with Gasteiger partial charge in [0.2, 0.25) is 0 Å². The van der Waals surface area contributed by atoms with Gasteiger partial charge in [-0.15, -0.1) is 0 Å². The van der Waals surface area contributed by atoms with Gasteiger partial charge in [-0.3, -0.25) is 5.32 Å². The maximum atomic E-state index is 11.3. The summed E-state index contributed by atoms with van der Waals surface area (Å²) in [6, 6.07) is 3.47. The summed E-state index contributed by atoms with van der Waals surface area (Å²) in [5, 5.41) is 2.61. The summed E-state index contributed by atoms with van der Waals surface area (Å²) in [5.74, 6) is 1.27. The number of carbonyl (C=O) groups is 1. The summed E-state index contributed by atoms with van der Waals surface area (Å²) >= 11 is 0. The third-order valence-electron chi connectivity index (χ3n) is 2.29. The van der Waals surface area contributed by atoms with E-state index >= 15 is 0 Å². The zero-order valence-corrected chi connectivity index (χ0v) is 10.5. The Hall–Kier alpha value is -1.91. The molecule has 0 aliphatic rings. The van der Waals surface area contributed by atoms with Gasteiger partial charge in [0, 0.05) is 5.56 Å². The first-order chi connectivity index (χ1) is 8.13. The fourth-order valence-corrected chi connectivity index (χ4v) is 1.53. The van der Waals surface area contributed by atoms with Crippen LogP contribution in [0.15, 0.2) is 12.1 Å². The highest BCUT2D eigenvalue weighted by Crippen LogP contribution is 2.34. The number of methoxy groups -OCH3 is 2. The Morgan fingerprint density at radius 2 is 2.00 bits per heavy atom. The van der Waals surface area contributed by atoms with E-state index in [0.29, 0.717) is 23.8 Å². The zero-order valence-electron chi connectivity index (χ0n) is 10.5. The molecular weight excluding hydrogens is 222 g/mol. The molecule has 0 radical (unpaired) electrons. The number of amides is 1. The second-order valence-electron chi connectivity index (χ2n) is 3.32. The van der Waals surface area contributed by atoms with Gasteiger partial charge in [-0.1, -0.05) is 0 Å². The number of benzene rings is 1. The zero-order chi connectivity index (χ0) is 12.8. The lowest BCUT2D eigenvalue weighted by Gasteiger charge is -2.14. The number of nitrogens with one attached hydrogen (secondary N) is 1. The Bertz CT molecular complexity index is 404. The molecule has 5 nitrogen and oxygen atoms in total. The van der Waals surface area contributed by atoms with Crippen molar-refractivity contribution in [2.75, 3.05) is 26.1 Å². The number of carbonyl (C=O) groups excluding carboxylic acids is 1. The standard InChI is InChI=1S/C12H17NO4/c1-5-17-12(14)13-9-6-7-10(15-3)8(2)11(9)16-4/h6-7H,5H2,1-4H3,(H,13,14). The molecule has 0 bridgehead atoms. The fourth-order valence-electron chi connectivity index (χ4n) is 1.53. The van der Waals surface area contributed by atoms with Crippen molar-refractivity contribution < 1.29 is 19.0 Å². The summed E-state index contributed by atoms with van der Waals surface area (Å²) in [6.07, 6.45) is -0.504. The van der Waals surface area contributed by atoms with E-state index in [1.807, 2.05) is 6.92 Å². The van der Waals surface area contributed by atoms with Crippen molar-refractivity contribution in [2.24, 2.45) is 0 Å². The van der Waals surface area contributed by atoms with E-state index in [-0.39, 0.29) is 0 Å². The van der Waals surface area contributed by atoms with Crippen molar-refractivity contribution in [3.05, 3.63) is 17.7 Å². The molecule has 17 heavy (non-hydrogen) atoms. The first-order valence-corrected chi connectivity index (χ1v) is 5.29. The van der Waals surface area contributed by atoms with Gasteiger partial charge in [0.15, 0.2) is 0 Å². The first kappa shape index (κ1) is 13.2. The minimum atomic E-state index is -0.504. The Morgan fingerprint density at radius 1 is 1.29 bits per heavy atom. The minimum absolute atomic E-state index is 0.323. The number of hydrogen-bond acceptors (Lipinski definition) is 4. The van der Waals surface area contributed by atoms with Crippen LogP contribution in [0, 0.1) is 6.92 Å². The van der Waals surface area contributed by atoms with Crippen LogP contribution in [0.4, 0.5) is 10.5 Å². The molecule has 1 aromatic carbocycles. The van der Waals surface area contributed by atoms with Crippen LogP contribution in [0.5, 0.6) is 11.5 Å². The molecule has 94 valence electrons. The summed E-state index contributed by atoms with van der Waals surface area (Å²) < 4.78 is 15.2. The van der Waals surface area contributed by atoms with Gasteiger partial charge in [0.1, 0.15) is 11.5 Å². The number of ether oxygens (including phenoxy) is 3. The second kappa shape index (κ2) is 5.98. The van der Waals surface area contributed by atoms with E-state index in [1.165, 1.54) is 7.11 Å². The first-order valence-electron chi connectivity index (χ1n) is 5.29. The third kappa shape index (κ3) is 3.03. The highest BCUT2D eigenvalue weighted by Gasteiger charge is 2.13. The molecule has 0 fully saturated rings. The largest absolute Gasteiger partial charge is 0.496 e. The maximum Gasteiger partial charge on any atom is 0.411 e. The average molecular weight is 239 g/mol. The van der Waals surface area contributed by atoms with Gasteiger partial charge in [0.05, 0.1) is 26.5 Å². The van der Waals surface area contributed by atoms with Gasteiger partial charge in [0.25, 0.3) is 0 Å². The normalized spacial score (nSPS) is 9.65. The maximum absolute atomic E-state index is 11.3. The Labute approximate surface area is 101 Å². The molecule has 5 heteroatoms. The average Bonchev–Trinajstić information content (AvgIpc) is 2.30. The van der Waals surface area contributed by atoms with Crippen molar-refractivity contribution in [3.63, 3.8) is 0 Å². The highest BCUT2D eigenvalue weighted by molar-refractivity contribution is 5.87. The van der Waals surface area contributed by atoms with E-state index in [0.717, 1.165) is 5.56 Å². The molecule has 0 atom stereocenters. The topological polar surface area (TPSA) is 56.8 Å². The van der Waals surface area contributed by atoms with Crippen molar-refractivity contribution in [1.82, 2.24) is 0 Å². The molecule has 0 saturated carbocycles. The molecule has 0 heterocycles. The van der Waals surface area contributed by atoms with E-state index in [9.17, 15) is 4.79 Å². The van der Waals surface area contributed by atoms with E-state index in [4.69, 9.17) is 14.2 Å². The lowest BCUT2D eigenvalue weighted by atomic mass is 10.1. The van der Waals surface area contributed by atoms with Crippen molar-refractivity contribution in [2.45, 2.75) is 13.8 Å². The van der Waals surface area contributed by atoms with Gasteiger partial charge in [-0.05, 0) is 26.0 Å². The highest BCUT2D eigenvalue weighted by atomic mass is 16.5. The monoisotopic (exact) mass is 239 g/mol. The van der Waals surface area contributed by atoms with Crippen LogP contribution in [0.25, 0.3) is 0 Å². The predicted octanol–water partition coefficient (Wildman–Crippen LogP) is 2.58. The number of hydrogen-bond donors (Lipinski definition) is 1. The van der Waals surface area contributed by atoms with Crippen molar-refractivity contribution >= 4 is 11.8 Å². The summed E-state index contributed by atoms with van der Waals surface area (Å²) in [7, 11) is 3.12. The second-order valence-corrected chi connectivity index (χ2v) is 3.32. The van der Waals surface area contributed by atoms with Crippen molar-refractivity contribution in [1.29, 1.82) is 0 Å². The molecule has 1 amide bonds. The Kier molecular flexibility index (Phi) is 4.63. The Balaban J connectivity index is 3.00. The Morgan fingerprint density at radius 3 is 2.53 bits per heavy atom. The van der Waals surface area contributed by atoms with Crippen LogP contribution in [0.3, 0.4) is 0 Å². The van der Waals surface area contributed by atoms with Crippen LogP contribution < -0.4 is 14.8 Å². The van der Waals surface area contributed by atoms with Crippen LogP contribution >= 0.6 is 0 Å². The summed E-state index contributed by atoms with van der Waals surface area (Å²) in [6.45, 7) is 3.92. The van der Waals surface area contributed by atoms with Gasteiger partial charge < -0.3 is 14.2 Å². The third-order valence-corrected chi connectivity index (χ3v) is 2.29. The molecule has 1 aromatic rings. The van der Waals surface area contributed by atoms with Crippen LogP contribution in [-0.4, -0.2) is 26.9 Å². The lowest BCUT2D eigenvalue weighted by molar-refractivity contribution is 0.168. The smallest absolute Gasteiger partial charge is 0.411 e. The molecule has 0 unspecified atom stereocenters. The predicted molar refractivity (Wildman–Crippen MR) is 64.9 cm³/mol. The molecule has 0 aliphatic carbocycles. The molecule has 0 saturated heterocycles. The summed E-state index contributed by atoms with van der Waals surface area (Å²) in [4.78, 5) is 11.3. The van der Waals surface area contributed by atoms with Crippen LogP contribution in [-0.2, 0) is 4.74 Å². The molecule has 0 aromatic heterocycles. The van der Waals surface area contributed by atoms with Gasteiger partial charge in [-0.2, -0.15) is 0 Å². The SMILES string of the molecule is CCOC(=O)Nc1ccc(OC)c(C)c1OC. The van der Waals surface area contributed by atoms with Crippen LogP contribution in [0.1, 0.15) is 12.5 Å². The quantitative estimate of drug-likeness (QED) is 0.877. The molecule has 0 spiro atoms. The number of rotatable bonds is 4. The van der Waals surface area contributed by atoms with E-state index in [1.54, 1.807) is 26.2 Å². The number of anilines is 1.